The van der Waals surface area contributed by atoms with E-state index < -0.39 is 0 Å². The quantitative estimate of drug-likeness (QED) is 0.586. The standard InChI is InChI=1S/C21H25ClN6O/c1-3-13-9-23-21(18-11-25-20-17(18)7-14(22)10-24-20)28-19(13)27-16-6-4-5-15(8-16)26-12(2)29/h7,9-11,15-16H,3-6,8H2,1-2H3,(H,24,25)(H,26,29)(H,23,27,28). The van der Waals surface area contributed by atoms with Crippen molar-refractivity contribution >= 4 is 34.4 Å². The van der Waals surface area contributed by atoms with Crippen molar-refractivity contribution < 1.29 is 4.79 Å². The van der Waals surface area contributed by atoms with Crippen molar-refractivity contribution in [2.45, 2.75) is 58.0 Å². The molecule has 0 aliphatic heterocycles. The maximum absolute atomic E-state index is 11.4. The van der Waals surface area contributed by atoms with Crippen molar-refractivity contribution in [2.75, 3.05) is 5.32 Å². The predicted molar refractivity (Wildman–Crippen MR) is 115 cm³/mol. The lowest BCUT2D eigenvalue weighted by Gasteiger charge is -2.31. The molecule has 8 heteroatoms. The Balaban J connectivity index is 1.61. The summed E-state index contributed by atoms with van der Waals surface area (Å²) in [5, 5.41) is 8.14. The Hall–Kier alpha value is -2.67. The van der Waals surface area contributed by atoms with E-state index in [0.29, 0.717) is 10.8 Å². The largest absolute Gasteiger partial charge is 0.367 e. The molecule has 1 saturated carbocycles. The van der Waals surface area contributed by atoms with E-state index in [1.807, 2.05) is 18.5 Å². The number of halogens is 1. The van der Waals surface area contributed by atoms with Gasteiger partial charge < -0.3 is 15.6 Å². The van der Waals surface area contributed by atoms with Crippen LogP contribution in [0.3, 0.4) is 0 Å². The molecule has 0 saturated heterocycles. The van der Waals surface area contributed by atoms with Gasteiger partial charge in [-0.05, 0) is 38.2 Å². The molecule has 0 spiro atoms. The number of hydrogen-bond donors (Lipinski definition) is 3. The van der Waals surface area contributed by atoms with Crippen LogP contribution in [-0.4, -0.2) is 37.9 Å². The van der Waals surface area contributed by atoms with Crippen LogP contribution in [0.15, 0.2) is 24.7 Å². The minimum atomic E-state index is 0.0285. The summed E-state index contributed by atoms with van der Waals surface area (Å²) in [6, 6.07) is 2.36. The van der Waals surface area contributed by atoms with Gasteiger partial charge in [0.15, 0.2) is 5.82 Å². The molecule has 0 bridgehead atoms. The number of aromatic nitrogens is 4. The zero-order valence-electron chi connectivity index (χ0n) is 16.6. The first-order valence-electron chi connectivity index (χ1n) is 10.1. The highest BCUT2D eigenvalue weighted by Gasteiger charge is 2.24. The van der Waals surface area contributed by atoms with E-state index in [2.05, 4.69) is 32.5 Å². The Morgan fingerprint density at radius 1 is 1.28 bits per heavy atom. The van der Waals surface area contributed by atoms with Gasteiger partial charge in [0, 0.05) is 54.1 Å². The fourth-order valence-electron chi connectivity index (χ4n) is 4.02. The highest BCUT2D eigenvalue weighted by atomic mass is 35.5. The van der Waals surface area contributed by atoms with Gasteiger partial charge >= 0.3 is 0 Å². The van der Waals surface area contributed by atoms with Crippen LogP contribution in [0.4, 0.5) is 5.82 Å². The van der Waals surface area contributed by atoms with E-state index in [1.165, 1.54) is 0 Å². The molecule has 3 aromatic rings. The first-order chi connectivity index (χ1) is 14.0. The second kappa shape index (κ2) is 8.37. The van der Waals surface area contributed by atoms with Crippen molar-refractivity contribution in [3.63, 3.8) is 0 Å². The van der Waals surface area contributed by atoms with Gasteiger partial charge in [-0.15, -0.1) is 0 Å². The van der Waals surface area contributed by atoms with Crippen molar-refractivity contribution in [3.8, 4) is 11.4 Å². The zero-order valence-corrected chi connectivity index (χ0v) is 17.4. The molecule has 0 radical (unpaired) electrons. The number of anilines is 1. The third kappa shape index (κ3) is 4.34. The molecular weight excluding hydrogens is 388 g/mol. The average molecular weight is 413 g/mol. The number of nitrogens with one attached hydrogen (secondary N) is 3. The molecule has 1 amide bonds. The zero-order chi connectivity index (χ0) is 20.4. The summed E-state index contributed by atoms with van der Waals surface area (Å²) in [5.41, 5.74) is 2.71. The van der Waals surface area contributed by atoms with Crippen molar-refractivity contribution in [1.82, 2.24) is 25.3 Å². The molecule has 3 heterocycles. The van der Waals surface area contributed by atoms with Crippen molar-refractivity contribution in [3.05, 3.63) is 35.2 Å². The highest BCUT2D eigenvalue weighted by Crippen LogP contribution is 2.29. The van der Waals surface area contributed by atoms with Crippen LogP contribution >= 0.6 is 11.6 Å². The summed E-state index contributed by atoms with van der Waals surface area (Å²) in [6.07, 6.45) is 10.3. The van der Waals surface area contributed by atoms with E-state index in [0.717, 1.165) is 60.1 Å². The van der Waals surface area contributed by atoms with E-state index >= 15 is 0 Å². The first-order valence-corrected chi connectivity index (χ1v) is 10.4. The first kappa shape index (κ1) is 19.6. The number of rotatable bonds is 5. The predicted octanol–water partition coefficient (Wildman–Crippen LogP) is 4.09. The number of nitrogens with zero attached hydrogens (tertiary/aromatic N) is 3. The molecule has 1 fully saturated rings. The molecular formula is C21H25ClN6O. The summed E-state index contributed by atoms with van der Waals surface area (Å²) in [7, 11) is 0. The lowest BCUT2D eigenvalue weighted by molar-refractivity contribution is -0.119. The molecule has 2 atom stereocenters. The van der Waals surface area contributed by atoms with Gasteiger partial charge in [-0.3, -0.25) is 4.79 Å². The number of aryl methyl sites for hydroxylation is 1. The molecule has 2 unspecified atom stereocenters. The number of carbonyl (C=O) groups is 1. The van der Waals surface area contributed by atoms with Crippen molar-refractivity contribution in [2.24, 2.45) is 0 Å². The van der Waals surface area contributed by atoms with Gasteiger partial charge in [-0.2, -0.15) is 0 Å². The minimum absolute atomic E-state index is 0.0285. The Labute approximate surface area is 174 Å². The van der Waals surface area contributed by atoms with Crippen LogP contribution in [0.2, 0.25) is 5.02 Å². The molecule has 29 heavy (non-hydrogen) atoms. The molecule has 3 aromatic heterocycles. The highest BCUT2D eigenvalue weighted by molar-refractivity contribution is 6.31. The van der Waals surface area contributed by atoms with Gasteiger partial charge in [0.05, 0.1) is 5.02 Å². The molecule has 3 N–H and O–H groups in total. The maximum atomic E-state index is 11.4. The lowest BCUT2D eigenvalue weighted by atomic mass is 9.91. The van der Waals surface area contributed by atoms with E-state index in [9.17, 15) is 4.79 Å². The summed E-state index contributed by atoms with van der Waals surface area (Å²) < 4.78 is 0. The van der Waals surface area contributed by atoms with E-state index in [1.54, 1.807) is 13.1 Å². The number of aromatic amines is 1. The van der Waals surface area contributed by atoms with E-state index in [-0.39, 0.29) is 18.0 Å². The van der Waals surface area contributed by atoms with Crippen molar-refractivity contribution in [1.29, 1.82) is 0 Å². The van der Waals surface area contributed by atoms with Gasteiger partial charge in [0.2, 0.25) is 5.91 Å². The third-order valence-electron chi connectivity index (χ3n) is 5.41. The monoisotopic (exact) mass is 412 g/mol. The molecule has 1 aliphatic carbocycles. The summed E-state index contributed by atoms with van der Waals surface area (Å²) in [5.74, 6) is 1.52. The molecule has 152 valence electrons. The number of carbonyl (C=O) groups excluding carboxylic acids is 1. The average Bonchev–Trinajstić information content (AvgIpc) is 3.10. The molecule has 4 rings (SSSR count). The smallest absolute Gasteiger partial charge is 0.217 e. The summed E-state index contributed by atoms with van der Waals surface area (Å²) in [4.78, 5) is 28.3. The van der Waals surface area contributed by atoms with Gasteiger partial charge in [-0.1, -0.05) is 18.5 Å². The Morgan fingerprint density at radius 3 is 2.90 bits per heavy atom. The fraction of sp³-hybridized carbons (Fsp3) is 0.429. The number of amides is 1. The molecule has 1 aliphatic rings. The number of hydrogen-bond acceptors (Lipinski definition) is 5. The Kier molecular flexibility index (Phi) is 5.67. The fourth-order valence-corrected chi connectivity index (χ4v) is 4.17. The number of H-pyrrole nitrogens is 1. The number of fused-ring (bicyclic) bond motifs is 1. The minimum Gasteiger partial charge on any atom is -0.367 e. The lowest BCUT2D eigenvalue weighted by Crippen LogP contribution is -2.41. The Morgan fingerprint density at radius 2 is 2.10 bits per heavy atom. The second-order valence-corrected chi connectivity index (χ2v) is 8.01. The van der Waals surface area contributed by atoms with Gasteiger partial charge in [-0.25, -0.2) is 15.0 Å². The maximum Gasteiger partial charge on any atom is 0.217 e. The van der Waals surface area contributed by atoms with Crippen LogP contribution in [0, 0.1) is 0 Å². The number of pyridine rings is 1. The van der Waals surface area contributed by atoms with Crippen LogP contribution in [0.25, 0.3) is 22.4 Å². The van der Waals surface area contributed by atoms with Crippen LogP contribution in [0.5, 0.6) is 0 Å². The van der Waals surface area contributed by atoms with Crippen LogP contribution in [0.1, 0.15) is 45.1 Å². The normalized spacial score (nSPS) is 19.3. The SMILES string of the molecule is CCc1cnc(-c2c[nH]c3ncc(Cl)cc23)nc1NC1CCCC(NC(C)=O)C1. The van der Waals surface area contributed by atoms with Crippen LogP contribution < -0.4 is 10.6 Å². The third-order valence-corrected chi connectivity index (χ3v) is 5.61. The molecule has 0 aromatic carbocycles. The van der Waals surface area contributed by atoms with E-state index in [4.69, 9.17) is 16.6 Å². The second-order valence-electron chi connectivity index (χ2n) is 7.58. The molecule has 7 nitrogen and oxygen atoms in total. The topological polar surface area (TPSA) is 95.6 Å². The van der Waals surface area contributed by atoms with Gasteiger partial charge in [0.1, 0.15) is 11.5 Å². The Bertz CT molecular complexity index is 1030. The van der Waals surface area contributed by atoms with Crippen LogP contribution in [-0.2, 0) is 11.2 Å². The summed E-state index contributed by atoms with van der Waals surface area (Å²) >= 11 is 6.13. The van der Waals surface area contributed by atoms with Gasteiger partial charge in [0.25, 0.3) is 0 Å². The summed E-state index contributed by atoms with van der Waals surface area (Å²) in [6.45, 7) is 3.67.